The molecule has 1 fully saturated rings. The molecule has 0 aliphatic heterocycles. The third-order valence-electron chi connectivity index (χ3n) is 4.76. The van der Waals surface area contributed by atoms with E-state index in [1.54, 1.807) is 0 Å². The Morgan fingerprint density at radius 2 is 1.95 bits per heavy atom. The van der Waals surface area contributed by atoms with Crippen LogP contribution >= 0.6 is 11.6 Å². The lowest BCUT2D eigenvalue weighted by Gasteiger charge is -2.41. The van der Waals surface area contributed by atoms with E-state index in [4.69, 9.17) is 11.6 Å². The van der Waals surface area contributed by atoms with Crippen molar-refractivity contribution in [1.29, 1.82) is 0 Å². The van der Waals surface area contributed by atoms with E-state index in [0.717, 1.165) is 5.02 Å². The van der Waals surface area contributed by atoms with Crippen LogP contribution in [0.25, 0.3) is 0 Å². The van der Waals surface area contributed by atoms with E-state index < -0.39 is 0 Å². The maximum absolute atomic E-state index is 6.01. The van der Waals surface area contributed by atoms with Gasteiger partial charge in [-0.25, -0.2) is 0 Å². The van der Waals surface area contributed by atoms with Crippen LogP contribution in [0.15, 0.2) is 24.3 Å². The van der Waals surface area contributed by atoms with E-state index >= 15 is 0 Å². The van der Waals surface area contributed by atoms with Gasteiger partial charge in [0.1, 0.15) is 0 Å². The van der Waals surface area contributed by atoms with E-state index in [1.807, 2.05) is 12.1 Å². The van der Waals surface area contributed by atoms with Crippen LogP contribution in [-0.2, 0) is 0 Å². The number of nitrogens with one attached hydrogen (secondary N) is 1. The molecule has 0 aromatic heterocycles. The van der Waals surface area contributed by atoms with Crippen LogP contribution in [0.1, 0.15) is 70.9 Å². The standard InChI is InChI=1S/C18H28ClN/c1-4-7-16(14-9-11-15(19)12-10-14)20-17-8-5-6-13-18(17,2)3/h9-12,16-17,20H,4-8,13H2,1-3H3. The molecule has 2 rings (SSSR count). The molecular weight excluding hydrogens is 266 g/mol. The summed E-state index contributed by atoms with van der Waals surface area (Å²) in [5, 5.41) is 4.76. The topological polar surface area (TPSA) is 12.0 Å². The summed E-state index contributed by atoms with van der Waals surface area (Å²) < 4.78 is 0. The molecule has 1 aromatic carbocycles. The Balaban J connectivity index is 2.10. The number of rotatable bonds is 5. The first-order chi connectivity index (χ1) is 9.53. The summed E-state index contributed by atoms with van der Waals surface area (Å²) in [5.41, 5.74) is 1.79. The van der Waals surface area contributed by atoms with Crippen LogP contribution in [0.3, 0.4) is 0 Å². The maximum Gasteiger partial charge on any atom is 0.0406 e. The summed E-state index contributed by atoms with van der Waals surface area (Å²) in [4.78, 5) is 0. The highest BCUT2D eigenvalue weighted by molar-refractivity contribution is 6.30. The van der Waals surface area contributed by atoms with Gasteiger partial charge >= 0.3 is 0 Å². The second-order valence-electron chi connectivity index (χ2n) is 6.85. The monoisotopic (exact) mass is 293 g/mol. The lowest BCUT2D eigenvalue weighted by molar-refractivity contribution is 0.153. The van der Waals surface area contributed by atoms with Crippen LogP contribution in [0.5, 0.6) is 0 Å². The SMILES string of the molecule is CCCC(NC1CCCCC1(C)C)c1ccc(Cl)cc1. The fourth-order valence-corrected chi connectivity index (χ4v) is 3.50. The molecule has 0 saturated heterocycles. The molecule has 1 aliphatic rings. The highest BCUT2D eigenvalue weighted by Crippen LogP contribution is 2.37. The molecule has 1 N–H and O–H groups in total. The molecule has 1 aliphatic carbocycles. The zero-order valence-electron chi connectivity index (χ0n) is 13.1. The Morgan fingerprint density at radius 1 is 1.25 bits per heavy atom. The van der Waals surface area contributed by atoms with Crippen molar-refractivity contribution < 1.29 is 0 Å². The molecule has 2 atom stereocenters. The minimum absolute atomic E-state index is 0.413. The molecule has 2 unspecified atom stereocenters. The zero-order valence-corrected chi connectivity index (χ0v) is 13.8. The minimum atomic E-state index is 0.413. The average Bonchev–Trinajstić information content (AvgIpc) is 2.41. The fraction of sp³-hybridized carbons (Fsp3) is 0.667. The predicted octanol–water partition coefficient (Wildman–Crippen LogP) is 5.74. The average molecular weight is 294 g/mol. The van der Waals surface area contributed by atoms with E-state index in [-0.39, 0.29) is 0 Å². The van der Waals surface area contributed by atoms with Gasteiger partial charge in [0, 0.05) is 17.1 Å². The van der Waals surface area contributed by atoms with Gasteiger partial charge in [-0.05, 0) is 42.4 Å². The number of benzene rings is 1. The molecule has 2 heteroatoms. The van der Waals surface area contributed by atoms with Gasteiger partial charge in [-0.3, -0.25) is 0 Å². The second kappa shape index (κ2) is 6.95. The third-order valence-corrected chi connectivity index (χ3v) is 5.01. The van der Waals surface area contributed by atoms with Gasteiger partial charge in [-0.15, -0.1) is 0 Å². The Bertz CT molecular complexity index is 410. The molecule has 112 valence electrons. The Labute approximate surface area is 129 Å². The molecule has 20 heavy (non-hydrogen) atoms. The van der Waals surface area contributed by atoms with Crippen molar-refractivity contribution in [3.05, 3.63) is 34.9 Å². The summed E-state index contributed by atoms with van der Waals surface area (Å²) >= 11 is 6.01. The minimum Gasteiger partial charge on any atom is -0.307 e. The molecule has 1 aromatic rings. The van der Waals surface area contributed by atoms with Crippen LogP contribution in [-0.4, -0.2) is 6.04 Å². The summed E-state index contributed by atoms with van der Waals surface area (Å²) in [7, 11) is 0. The molecule has 0 spiro atoms. The molecule has 0 amide bonds. The van der Waals surface area contributed by atoms with Gasteiger partial charge in [0.2, 0.25) is 0 Å². The van der Waals surface area contributed by atoms with E-state index in [1.165, 1.54) is 44.1 Å². The van der Waals surface area contributed by atoms with Gasteiger partial charge < -0.3 is 5.32 Å². The van der Waals surface area contributed by atoms with Crippen molar-refractivity contribution in [3.63, 3.8) is 0 Å². The van der Waals surface area contributed by atoms with Crippen molar-refractivity contribution in [2.45, 2.75) is 71.4 Å². The summed E-state index contributed by atoms with van der Waals surface area (Å²) in [6, 6.07) is 9.44. The lowest BCUT2D eigenvalue weighted by atomic mass is 9.73. The highest BCUT2D eigenvalue weighted by Gasteiger charge is 2.33. The largest absolute Gasteiger partial charge is 0.307 e. The third kappa shape index (κ3) is 3.99. The zero-order chi connectivity index (χ0) is 14.6. The quantitative estimate of drug-likeness (QED) is 0.730. The maximum atomic E-state index is 6.01. The van der Waals surface area contributed by atoms with Crippen molar-refractivity contribution >= 4 is 11.6 Å². The Hall–Kier alpha value is -0.530. The van der Waals surface area contributed by atoms with Gasteiger partial charge in [0.15, 0.2) is 0 Å². The molecule has 0 radical (unpaired) electrons. The van der Waals surface area contributed by atoms with Crippen LogP contribution in [0.4, 0.5) is 0 Å². The number of hydrogen-bond acceptors (Lipinski definition) is 1. The molecule has 1 saturated carbocycles. The van der Waals surface area contributed by atoms with E-state index in [9.17, 15) is 0 Å². The number of hydrogen-bond donors (Lipinski definition) is 1. The van der Waals surface area contributed by atoms with Crippen LogP contribution in [0, 0.1) is 5.41 Å². The summed E-state index contributed by atoms with van der Waals surface area (Å²) in [6.07, 6.45) is 7.78. The first kappa shape index (κ1) is 15.9. The Morgan fingerprint density at radius 3 is 2.55 bits per heavy atom. The molecular formula is C18H28ClN. The van der Waals surface area contributed by atoms with Gasteiger partial charge in [0.25, 0.3) is 0 Å². The van der Waals surface area contributed by atoms with Crippen molar-refractivity contribution in [2.24, 2.45) is 5.41 Å². The first-order valence-electron chi connectivity index (χ1n) is 8.04. The molecule has 0 heterocycles. The van der Waals surface area contributed by atoms with Crippen LogP contribution in [0.2, 0.25) is 5.02 Å². The summed E-state index contributed by atoms with van der Waals surface area (Å²) in [5.74, 6) is 0. The smallest absolute Gasteiger partial charge is 0.0406 e. The van der Waals surface area contributed by atoms with Crippen LogP contribution < -0.4 is 5.32 Å². The van der Waals surface area contributed by atoms with Gasteiger partial charge in [-0.2, -0.15) is 0 Å². The van der Waals surface area contributed by atoms with Gasteiger partial charge in [-0.1, -0.05) is 63.8 Å². The molecule has 0 bridgehead atoms. The van der Waals surface area contributed by atoms with Gasteiger partial charge in [0.05, 0.1) is 0 Å². The first-order valence-corrected chi connectivity index (χ1v) is 8.42. The number of halogens is 1. The summed E-state index contributed by atoms with van der Waals surface area (Å²) in [6.45, 7) is 7.08. The van der Waals surface area contributed by atoms with Crippen molar-refractivity contribution in [3.8, 4) is 0 Å². The lowest BCUT2D eigenvalue weighted by Crippen LogP contribution is -2.45. The molecule has 1 nitrogen and oxygen atoms in total. The van der Waals surface area contributed by atoms with E-state index in [2.05, 4.69) is 38.2 Å². The van der Waals surface area contributed by atoms with E-state index in [0.29, 0.717) is 17.5 Å². The predicted molar refractivity (Wildman–Crippen MR) is 88.3 cm³/mol. The Kier molecular flexibility index (Phi) is 5.51. The fourth-order valence-electron chi connectivity index (χ4n) is 3.38. The van der Waals surface area contributed by atoms with Crippen molar-refractivity contribution in [2.75, 3.05) is 0 Å². The second-order valence-corrected chi connectivity index (χ2v) is 7.28. The highest BCUT2D eigenvalue weighted by atomic mass is 35.5. The van der Waals surface area contributed by atoms with Crippen molar-refractivity contribution in [1.82, 2.24) is 5.32 Å². The normalized spacial score (nSPS) is 23.5.